The van der Waals surface area contributed by atoms with Crippen molar-refractivity contribution in [2.75, 3.05) is 24.6 Å². The van der Waals surface area contributed by atoms with Gasteiger partial charge in [-0.2, -0.15) is 5.26 Å². The van der Waals surface area contributed by atoms with Gasteiger partial charge < -0.3 is 10.0 Å². The Bertz CT molecular complexity index is 847. The summed E-state index contributed by atoms with van der Waals surface area (Å²) in [4.78, 5) is 7.21. The molecule has 4 rings (SSSR count). The van der Waals surface area contributed by atoms with E-state index in [-0.39, 0.29) is 18.7 Å². The van der Waals surface area contributed by atoms with Gasteiger partial charge in [0.1, 0.15) is 0 Å². The molecule has 134 valence electrons. The summed E-state index contributed by atoms with van der Waals surface area (Å²) in [5.74, 6) is 0. The van der Waals surface area contributed by atoms with Crippen LogP contribution in [0.2, 0.25) is 0 Å². The van der Waals surface area contributed by atoms with Crippen molar-refractivity contribution < 1.29 is 5.11 Å². The maximum atomic E-state index is 9.65. The summed E-state index contributed by atoms with van der Waals surface area (Å²) in [6, 6.07) is 17.2. The molecule has 2 aromatic rings. The molecule has 0 saturated carbocycles. The molecule has 2 atom stereocenters. The van der Waals surface area contributed by atoms with Crippen molar-refractivity contribution in [1.29, 1.82) is 5.26 Å². The van der Waals surface area contributed by atoms with Crippen LogP contribution < -0.4 is 4.90 Å². The Morgan fingerprint density at radius 2 is 2.04 bits per heavy atom. The Morgan fingerprint density at radius 3 is 2.85 bits per heavy atom. The van der Waals surface area contributed by atoms with Crippen LogP contribution in [0.4, 0.5) is 11.4 Å². The first kappa shape index (κ1) is 17.4. The molecular weight excluding hydrogens is 342 g/mol. The van der Waals surface area contributed by atoms with Gasteiger partial charge in [-0.15, -0.1) is 0 Å². The van der Waals surface area contributed by atoms with Crippen molar-refractivity contribution in [3.63, 3.8) is 0 Å². The summed E-state index contributed by atoms with van der Waals surface area (Å²) in [6.45, 7) is 4.42. The first-order chi connectivity index (χ1) is 12.7. The van der Waals surface area contributed by atoms with Gasteiger partial charge in [0.05, 0.1) is 29.6 Å². The minimum Gasteiger partial charge on any atom is -0.395 e. The number of anilines is 2. The Morgan fingerprint density at radius 1 is 1.23 bits per heavy atom. The molecule has 0 aliphatic carbocycles. The van der Waals surface area contributed by atoms with E-state index in [1.54, 1.807) is 11.8 Å². The van der Waals surface area contributed by atoms with Crippen LogP contribution in [0.1, 0.15) is 25.3 Å². The summed E-state index contributed by atoms with van der Waals surface area (Å²) >= 11 is 1.77. The molecule has 2 aliphatic rings. The van der Waals surface area contributed by atoms with Crippen molar-refractivity contribution in [2.45, 2.75) is 41.6 Å². The zero-order valence-electron chi connectivity index (χ0n) is 14.9. The summed E-state index contributed by atoms with van der Waals surface area (Å²) in [7, 11) is 0. The molecule has 1 unspecified atom stereocenters. The van der Waals surface area contributed by atoms with Gasteiger partial charge in [-0.1, -0.05) is 23.9 Å². The topological polar surface area (TPSA) is 50.5 Å². The molecule has 0 bridgehead atoms. The summed E-state index contributed by atoms with van der Waals surface area (Å²) in [6.07, 6.45) is 2.23. The van der Waals surface area contributed by atoms with E-state index >= 15 is 0 Å². The Balaban J connectivity index is 1.71. The molecule has 0 spiro atoms. The SMILES string of the molecule is CC(CN1CCC[C@H]1CO)N1c2ccccc2Sc2ccc(C#N)cc21. The van der Waals surface area contributed by atoms with Gasteiger partial charge in [0.25, 0.3) is 0 Å². The van der Waals surface area contributed by atoms with Crippen LogP contribution in [0.5, 0.6) is 0 Å². The molecule has 0 amide bonds. The molecule has 1 fully saturated rings. The van der Waals surface area contributed by atoms with Crippen LogP contribution in [-0.4, -0.2) is 41.8 Å². The van der Waals surface area contributed by atoms with Gasteiger partial charge in [0, 0.05) is 28.4 Å². The minimum atomic E-state index is 0.230. The third-order valence-electron chi connectivity index (χ3n) is 5.34. The van der Waals surface area contributed by atoms with Crippen LogP contribution in [0, 0.1) is 11.3 Å². The number of aliphatic hydroxyl groups is 1. The predicted octanol–water partition coefficient (Wildman–Crippen LogP) is 4.01. The summed E-state index contributed by atoms with van der Waals surface area (Å²) < 4.78 is 0. The average Bonchev–Trinajstić information content (AvgIpc) is 3.12. The lowest BCUT2D eigenvalue weighted by molar-refractivity contribution is 0.154. The molecule has 4 nitrogen and oxygen atoms in total. The highest BCUT2D eigenvalue weighted by molar-refractivity contribution is 7.99. The lowest BCUT2D eigenvalue weighted by Gasteiger charge is -2.39. The van der Waals surface area contributed by atoms with Crippen LogP contribution >= 0.6 is 11.8 Å². The molecule has 0 aromatic heterocycles. The number of nitrogens with zero attached hydrogens (tertiary/aromatic N) is 3. The Kier molecular flexibility index (Phi) is 4.90. The van der Waals surface area contributed by atoms with Gasteiger partial charge in [0.2, 0.25) is 0 Å². The van der Waals surface area contributed by atoms with Gasteiger partial charge in [0.15, 0.2) is 0 Å². The maximum absolute atomic E-state index is 9.65. The molecule has 5 heteroatoms. The molecule has 26 heavy (non-hydrogen) atoms. The Labute approximate surface area is 159 Å². The number of hydrogen-bond acceptors (Lipinski definition) is 5. The van der Waals surface area contributed by atoms with Gasteiger partial charge in [-0.05, 0) is 56.6 Å². The number of rotatable bonds is 4. The van der Waals surface area contributed by atoms with Gasteiger partial charge in [-0.3, -0.25) is 4.90 Å². The molecular formula is C21H23N3OS. The fourth-order valence-corrected chi connectivity index (χ4v) is 5.14. The van der Waals surface area contributed by atoms with Gasteiger partial charge >= 0.3 is 0 Å². The van der Waals surface area contributed by atoms with E-state index < -0.39 is 0 Å². The van der Waals surface area contributed by atoms with Crippen molar-refractivity contribution in [3.05, 3.63) is 48.0 Å². The highest BCUT2D eigenvalue weighted by atomic mass is 32.2. The molecule has 2 aliphatic heterocycles. The van der Waals surface area contributed by atoms with Crippen LogP contribution in [0.25, 0.3) is 0 Å². The fraction of sp³-hybridized carbons (Fsp3) is 0.381. The number of fused-ring (bicyclic) bond motifs is 2. The predicted molar refractivity (Wildman–Crippen MR) is 105 cm³/mol. The third-order valence-corrected chi connectivity index (χ3v) is 6.47. The summed E-state index contributed by atoms with van der Waals surface area (Å²) in [5, 5.41) is 19.0. The van der Waals surface area contributed by atoms with Crippen LogP contribution in [0.3, 0.4) is 0 Å². The standard InChI is InChI=1S/C21H23N3OS/c1-15(13-23-10-4-5-17(23)14-25)24-18-6-2-3-7-20(18)26-21-9-8-16(12-22)11-19(21)24/h2-3,6-9,11,15,17,25H,4-5,10,13-14H2,1H3/t15?,17-/m0/s1. The Hall–Kier alpha value is -2.00. The van der Waals surface area contributed by atoms with E-state index in [0.717, 1.165) is 31.6 Å². The molecule has 2 heterocycles. The minimum absolute atomic E-state index is 0.230. The summed E-state index contributed by atoms with van der Waals surface area (Å²) in [5.41, 5.74) is 3.00. The number of aliphatic hydroxyl groups excluding tert-OH is 1. The van der Waals surface area contributed by atoms with Crippen molar-refractivity contribution in [1.82, 2.24) is 4.90 Å². The van der Waals surface area contributed by atoms with E-state index in [1.807, 2.05) is 12.1 Å². The second kappa shape index (κ2) is 7.32. The van der Waals surface area contributed by atoms with Crippen LogP contribution in [-0.2, 0) is 0 Å². The zero-order chi connectivity index (χ0) is 18.1. The largest absolute Gasteiger partial charge is 0.395 e. The second-order valence-electron chi connectivity index (χ2n) is 7.06. The van der Waals surface area contributed by atoms with Gasteiger partial charge in [-0.25, -0.2) is 0 Å². The molecule has 2 aromatic carbocycles. The maximum Gasteiger partial charge on any atom is 0.0992 e. The highest BCUT2D eigenvalue weighted by Gasteiger charge is 2.31. The lowest BCUT2D eigenvalue weighted by atomic mass is 10.1. The van der Waals surface area contributed by atoms with E-state index in [0.29, 0.717) is 5.56 Å². The quantitative estimate of drug-likeness (QED) is 0.887. The lowest BCUT2D eigenvalue weighted by Crippen LogP contribution is -2.44. The first-order valence-corrected chi connectivity index (χ1v) is 9.98. The zero-order valence-corrected chi connectivity index (χ0v) is 15.7. The number of hydrogen-bond donors (Lipinski definition) is 1. The molecule has 1 N–H and O–H groups in total. The van der Waals surface area contributed by atoms with Crippen molar-refractivity contribution >= 4 is 23.1 Å². The second-order valence-corrected chi connectivity index (χ2v) is 8.14. The first-order valence-electron chi connectivity index (χ1n) is 9.16. The smallest absolute Gasteiger partial charge is 0.0992 e. The van der Waals surface area contributed by atoms with E-state index in [9.17, 15) is 10.4 Å². The van der Waals surface area contributed by atoms with E-state index in [1.165, 1.54) is 15.5 Å². The molecule has 0 radical (unpaired) electrons. The average molecular weight is 366 g/mol. The molecule has 1 saturated heterocycles. The highest BCUT2D eigenvalue weighted by Crippen LogP contribution is 2.49. The van der Waals surface area contributed by atoms with Crippen molar-refractivity contribution in [2.24, 2.45) is 0 Å². The van der Waals surface area contributed by atoms with Crippen LogP contribution in [0.15, 0.2) is 52.3 Å². The normalized spacial score (nSPS) is 20.3. The number of para-hydroxylation sites is 1. The number of nitriles is 1. The monoisotopic (exact) mass is 365 g/mol. The fourth-order valence-electron chi connectivity index (χ4n) is 4.09. The van der Waals surface area contributed by atoms with Crippen molar-refractivity contribution in [3.8, 4) is 6.07 Å². The van der Waals surface area contributed by atoms with E-state index in [4.69, 9.17) is 0 Å². The van der Waals surface area contributed by atoms with E-state index in [2.05, 4.69) is 53.1 Å². The number of likely N-dealkylation sites (tertiary alicyclic amines) is 1. The number of benzene rings is 2. The third kappa shape index (κ3) is 3.09.